The number of aliphatic hydroxyl groups is 1. The predicted molar refractivity (Wildman–Crippen MR) is 38.1 cm³/mol. The number of rotatable bonds is 2. The summed E-state index contributed by atoms with van der Waals surface area (Å²) in [5.41, 5.74) is -2.95. The van der Waals surface area contributed by atoms with Crippen LogP contribution < -0.4 is 0 Å². The third-order valence-electron chi connectivity index (χ3n) is 3.43. The summed E-state index contributed by atoms with van der Waals surface area (Å²) in [6, 6.07) is 0. The van der Waals surface area contributed by atoms with Crippen LogP contribution in [0.25, 0.3) is 0 Å². The van der Waals surface area contributed by atoms with E-state index in [0.29, 0.717) is 0 Å². The second kappa shape index (κ2) is 2.03. The lowest BCUT2D eigenvalue weighted by Crippen LogP contribution is -2.82. The molecule has 0 unspecified atom stereocenters. The fraction of sp³-hybridized carbons (Fsp3) is 0.875. The highest BCUT2D eigenvalue weighted by Crippen LogP contribution is 2.81. The van der Waals surface area contributed by atoms with Gasteiger partial charge in [-0.15, -0.1) is 0 Å². The molecule has 0 aliphatic heterocycles. The maximum Gasteiger partial charge on any atom is 0.318 e. The smallest absolute Gasteiger partial charge is 0.318 e. The van der Waals surface area contributed by atoms with E-state index in [1.807, 2.05) is 0 Å². The molecule has 0 saturated heterocycles. The van der Waals surface area contributed by atoms with Gasteiger partial charge >= 0.3 is 5.97 Å². The molecule has 1 N–H and O–H groups in total. The zero-order valence-electron chi connectivity index (χ0n) is 7.14. The molecule has 0 aromatic rings. The van der Waals surface area contributed by atoms with Gasteiger partial charge in [0.05, 0.1) is 19.1 Å². The zero-order chi connectivity index (χ0) is 9.91. The number of alkyl halides is 2. The normalized spacial score (nSPS) is 44.6. The number of aliphatic hydroxyl groups excluding tert-OH is 1. The van der Waals surface area contributed by atoms with Crippen molar-refractivity contribution in [3.63, 3.8) is 0 Å². The number of hydrogen-bond donors (Lipinski definition) is 1. The Bertz CT molecular complexity index is 269. The van der Waals surface area contributed by atoms with E-state index in [4.69, 9.17) is 5.11 Å². The molecule has 0 spiro atoms. The highest BCUT2D eigenvalue weighted by atomic mass is 19.3. The van der Waals surface area contributed by atoms with Crippen molar-refractivity contribution in [1.29, 1.82) is 0 Å². The summed E-state index contributed by atoms with van der Waals surface area (Å²) in [6.45, 7) is -0.557. The summed E-state index contributed by atoms with van der Waals surface area (Å²) in [5, 5.41) is 8.76. The van der Waals surface area contributed by atoms with Gasteiger partial charge in [-0.05, 0) is 12.8 Å². The lowest BCUT2D eigenvalue weighted by atomic mass is 9.32. The van der Waals surface area contributed by atoms with Gasteiger partial charge in [0.1, 0.15) is 5.41 Å². The molecule has 0 aromatic carbocycles. The van der Waals surface area contributed by atoms with Crippen LogP contribution in [-0.2, 0) is 9.53 Å². The third kappa shape index (κ3) is 0.600. The number of esters is 1. The molecule has 0 radical (unpaired) electrons. The van der Waals surface area contributed by atoms with Gasteiger partial charge in [0.15, 0.2) is 0 Å². The quantitative estimate of drug-likeness (QED) is 0.650. The lowest BCUT2D eigenvalue weighted by molar-refractivity contribution is -0.405. The van der Waals surface area contributed by atoms with Crippen molar-refractivity contribution in [2.45, 2.75) is 18.8 Å². The summed E-state index contributed by atoms with van der Waals surface area (Å²) in [7, 11) is 1.10. The van der Waals surface area contributed by atoms with Crippen molar-refractivity contribution >= 4 is 5.97 Å². The minimum absolute atomic E-state index is 0.0518. The second-order valence-corrected chi connectivity index (χ2v) is 3.94. The molecular formula is C8H10F2O3. The summed E-state index contributed by atoms with van der Waals surface area (Å²) < 4.78 is 30.9. The molecule has 3 saturated carbocycles. The van der Waals surface area contributed by atoms with Gasteiger partial charge in [0, 0.05) is 0 Å². The predicted octanol–water partition coefficient (Wildman–Crippen LogP) is 0.567. The summed E-state index contributed by atoms with van der Waals surface area (Å²) in [5.74, 6) is -3.94. The van der Waals surface area contributed by atoms with Gasteiger partial charge < -0.3 is 9.84 Å². The number of methoxy groups -OCH3 is 1. The summed E-state index contributed by atoms with van der Waals surface area (Å²) in [6.07, 6.45) is 0.104. The van der Waals surface area contributed by atoms with Crippen LogP contribution in [0.4, 0.5) is 8.78 Å². The first-order chi connectivity index (χ1) is 5.96. The van der Waals surface area contributed by atoms with Crippen molar-refractivity contribution in [1.82, 2.24) is 0 Å². The molecule has 0 heterocycles. The summed E-state index contributed by atoms with van der Waals surface area (Å²) in [4.78, 5) is 11.0. The Labute approximate surface area is 73.7 Å². The van der Waals surface area contributed by atoms with E-state index in [-0.39, 0.29) is 12.8 Å². The van der Waals surface area contributed by atoms with Crippen LogP contribution >= 0.6 is 0 Å². The monoisotopic (exact) mass is 192 g/mol. The van der Waals surface area contributed by atoms with Gasteiger partial charge in [0.2, 0.25) is 0 Å². The number of ether oxygens (including phenoxy) is 1. The van der Waals surface area contributed by atoms with Crippen LogP contribution in [0.5, 0.6) is 0 Å². The van der Waals surface area contributed by atoms with Crippen molar-refractivity contribution < 1.29 is 23.4 Å². The van der Waals surface area contributed by atoms with E-state index in [2.05, 4.69) is 4.74 Å². The van der Waals surface area contributed by atoms with Crippen LogP contribution in [0, 0.1) is 10.8 Å². The average molecular weight is 192 g/mol. The molecule has 2 bridgehead atoms. The first-order valence-electron chi connectivity index (χ1n) is 4.03. The number of carbonyl (C=O) groups is 1. The Morgan fingerprint density at radius 1 is 1.54 bits per heavy atom. The molecule has 0 amide bonds. The first kappa shape index (κ1) is 8.87. The van der Waals surface area contributed by atoms with Crippen LogP contribution in [-0.4, -0.2) is 30.7 Å². The van der Waals surface area contributed by atoms with E-state index in [0.717, 1.165) is 7.11 Å². The van der Waals surface area contributed by atoms with Gasteiger partial charge in [-0.1, -0.05) is 0 Å². The average Bonchev–Trinajstić information content (AvgIpc) is 2.02. The molecule has 74 valence electrons. The SMILES string of the molecule is COC(=O)C12CC(CO)(C1)C2(F)F. The van der Waals surface area contributed by atoms with Crippen LogP contribution in [0.1, 0.15) is 12.8 Å². The fourth-order valence-corrected chi connectivity index (χ4v) is 2.52. The minimum atomic E-state index is -3.08. The van der Waals surface area contributed by atoms with Gasteiger partial charge in [-0.3, -0.25) is 4.79 Å². The molecular weight excluding hydrogens is 182 g/mol. The molecule has 5 heteroatoms. The second-order valence-electron chi connectivity index (χ2n) is 3.94. The van der Waals surface area contributed by atoms with Crippen molar-refractivity contribution in [2.75, 3.05) is 13.7 Å². The van der Waals surface area contributed by atoms with Crippen LogP contribution in [0.3, 0.4) is 0 Å². The highest BCUT2D eigenvalue weighted by molar-refractivity contribution is 5.83. The maximum atomic E-state index is 13.3. The van der Waals surface area contributed by atoms with Crippen molar-refractivity contribution in [2.24, 2.45) is 10.8 Å². The van der Waals surface area contributed by atoms with Crippen LogP contribution in [0.15, 0.2) is 0 Å². The third-order valence-corrected chi connectivity index (χ3v) is 3.43. The lowest BCUT2D eigenvalue weighted by Gasteiger charge is -2.72. The Kier molecular flexibility index (Phi) is 1.38. The molecule has 0 atom stereocenters. The van der Waals surface area contributed by atoms with Crippen molar-refractivity contribution in [3.05, 3.63) is 0 Å². The molecule has 3 aliphatic carbocycles. The molecule has 13 heavy (non-hydrogen) atoms. The highest BCUT2D eigenvalue weighted by Gasteiger charge is 2.91. The topological polar surface area (TPSA) is 46.5 Å². The first-order valence-corrected chi connectivity index (χ1v) is 4.03. The molecule has 0 aromatic heterocycles. The Morgan fingerprint density at radius 3 is 2.38 bits per heavy atom. The summed E-state index contributed by atoms with van der Waals surface area (Å²) >= 11 is 0. The van der Waals surface area contributed by atoms with E-state index >= 15 is 0 Å². The largest absolute Gasteiger partial charge is 0.468 e. The number of halogens is 2. The molecule has 3 nitrogen and oxygen atoms in total. The minimum Gasteiger partial charge on any atom is -0.468 e. The van der Waals surface area contributed by atoms with E-state index in [1.165, 1.54) is 0 Å². The molecule has 3 aliphatic rings. The van der Waals surface area contributed by atoms with E-state index < -0.39 is 29.3 Å². The zero-order valence-corrected chi connectivity index (χ0v) is 7.14. The number of carbonyl (C=O) groups excluding carboxylic acids is 1. The standard InChI is InChI=1S/C8H10F2O3/c1-13-5(12)7-2-6(3-7,4-11)8(7,9)10/h11H,2-4H2,1H3. The van der Waals surface area contributed by atoms with Crippen LogP contribution in [0.2, 0.25) is 0 Å². The van der Waals surface area contributed by atoms with E-state index in [1.54, 1.807) is 0 Å². The Balaban J connectivity index is 2.23. The van der Waals surface area contributed by atoms with Gasteiger partial charge in [-0.2, -0.15) is 0 Å². The molecule has 3 fully saturated rings. The van der Waals surface area contributed by atoms with E-state index in [9.17, 15) is 13.6 Å². The van der Waals surface area contributed by atoms with Gasteiger partial charge in [0.25, 0.3) is 5.92 Å². The number of hydrogen-bond acceptors (Lipinski definition) is 3. The maximum absolute atomic E-state index is 13.3. The molecule has 3 rings (SSSR count). The van der Waals surface area contributed by atoms with Gasteiger partial charge in [-0.25, -0.2) is 8.78 Å². The Morgan fingerprint density at radius 2 is 2.08 bits per heavy atom. The fourth-order valence-electron chi connectivity index (χ4n) is 2.52. The Hall–Kier alpha value is -0.710. The van der Waals surface area contributed by atoms with Crippen molar-refractivity contribution in [3.8, 4) is 0 Å².